The predicted octanol–water partition coefficient (Wildman–Crippen LogP) is 5.08. The maximum Gasteiger partial charge on any atom is 0.262 e. The molecule has 2 aromatic rings. The number of nitrogens with zero attached hydrogens (tertiary/aromatic N) is 1. The second-order valence-electron chi connectivity index (χ2n) is 5.52. The molecule has 1 N–H and O–H groups in total. The van der Waals surface area contributed by atoms with Crippen LogP contribution in [0.4, 0.5) is 0 Å². The van der Waals surface area contributed by atoms with E-state index in [1.807, 2.05) is 62.4 Å². The molecule has 2 rings (SSSR count). The number of amides is 1. The number of nitriles is 1. The van der Waals surface area contributed by atoms with Gasteiger partial charge in [0.05, 0.1) is 19.8 Å². The molecule has 0 saturated carbocycles. The molecule has 1 amide bonds. The molecule has 0 aliphatic heterocycles. The van der Waals surface area contributed by atoms with Gasteiger partial charge in [-0.3, -0.25) is 4.79 Å². The molecular formula is C20H18I2N2O2. The van der Waals surface area contributed by atoms with Crippen molar-refractivity contribution < 1.29 is 9.53 Å². The summed E-state index contributed by atoms with van der Waals surface area (Å²) in [6.45, 7) is 4.42. The summed E-state index contributed by atoms with van der Waals surface area (Å²) >= 11 is 4.39. The smallest absolute Gasteiger partial charge is 0.262 e. The van der Waals surface area contributed by atoms with Crippen LogP contribution in [0.15, 0.2) is 48.0 Å². The van der Waals surface area contributed by atoms with Crippen LogP contribution in [-0.4, -0.2) is 12.5 Å². The average molecular weight is 572 g/mol. The quantitative estimate of drug-likeness (QED) is 0.299. The number of ether oxygens (including phenoxy) is 1. The fraction of sp³-hybridized carbons (Fsp3) is 0.200. The molecule has 0 spiro atoms. The second kappa shape index (κ2) is 9.92. The standard InChI is InChI=1S/C20H18I2N2O2/c1-3-26-19-17(21)10-14(11-18(19)22)9-16(12-23)20(25)24-13(2)15-7-5-4-6-8-15/h4-11,13H,3H2,1-2H3,(H,24,25)/b16-9-/t13-/m0/s1. The van der Waals surface area contributed by atoms with Gasteiger partial charge in [0.1, 0.15) is 17.4 Å². The summed E-state index contributed by atoms with van der Waals surface area (Å²) in [6, 6.07) is 15.3. The molecule has 0 fully saturated rings. The first-order chi connectivity index (χ1) is 12.5. The average Bonchev–Trinajstić information content (AvgIpc) is 2.63. The highest BCUT2D eigenvalue weighted by atomic mass is 127. The molecule has 0 unspecified atom stereocenters. The molecule has 0 radical (unpaired) electrons. The molecule has 134 valence electrons. The van der Waals surface area contributed by atoms with Crippen molar-refractivity contribution in [2.45, 2.75) is 19.9 Å². The van der Waals surface area contributed by atoms with Gasteiger partial charge in [-0.1, -0.05) is 30.3 Å². The Hall–Kier alpha value is -1.60. The van der Waals surface area contributed by atoms with Crippen molar-refractivity contribution in [2.24, 2.45) is 0 Å². The first kappa shape index (κ1) is 20.7. The van der Waals surface area contributed by atoms with Crippen molar-refractivity contribution >= 4 is 57.2 Å². The molecule has 0 heterocycles. The number of hydrogen-bond acceptors (Lipinski definition) is 3. The Morgan fingerprint density at radius 3 is 2.42 bits per heavy atom. The number of halogens is 2. The van der Waals surface area contributed by atoms with Gasteiger partial charge in [0.2, 0.25) is 0 Å². The van der Waals surface area contributed by atoms with Gasteiger partial charge in [-0.2, -0.15) is 5.26 Å². The Bertz CT molecular complexity index is 835. The molecule has 0 saturated heterocycles. The number of carbonyl (C=O) groups excluding carboxylic acids is 1. The highest BCUT2D eigenvalue weighted by Crippen LogP contribution is 2.29. The summed E-state index contributed by atoms with van der Waals surface area (Å²) in [4.78, 5) is 12.5. The fourth-order valence-electron chi connectivity index (χ4n) is 2.36. The number of nitrogens with one attached hydrogen (secondary N) is 1. The van der Waals surface area contributed by atoms with E-state index in [1.54, 1.807) is 6.08 Å². The van der Waals surface area contributed by atoms with Gasteiger partial charge in [-0.05, 0) is 88.4 Å². The lowest BCUT2D eigenvalue weighted by Crippen LogP contribution is -2.27. The lowest BCUT2D eigenvalue weighted by atomic mass is 10.1. The predicted molar refractivity (Wildman–Crippen MR) is 120 cm³/mol. The van der Waals surface area contributed by atoms with E-state index in [-0.39, 0.29) is 17.5 Å². The van der Waals surface area contributed by atoms with Gasteiger partial charge in [0, 0.05) is 0 Å². The van der Waals surface area contributed by atoms with E-state index in [0.29, 0.717) is 6.61 Å². The first-order valence-electron chi connectivity index (χ1n) is 8.05. The highest BCUT2D eigenvalue weighted by Gasteiger charge is 2.15. The van der Waals surface area contributed by atoms with Crippen LogP contribution in [0.1, 0.15) is 31.0 Å². The third-order valence-electron chi connectivity index (χ3n) is 3.63. The third-order valence-corrected chi connectivity index (χ3v) is 5.24. The summed E-state index contributed by atoms with van der Waals surface area (Å²) < 4.78 is 7.51. The van der Waals surface area contributed by atoms with E-state index >= 15 is 0 Å². The normalized spacial score (nSPS) is 12.2. The lowest BCUT2D eigenvalue weighted by molar-refractivity contribution is -0.117. The Kier molecular flexibility index (Phi) is 7.90. The van der Waals surface area contributed by atoms with Crippen molar-refractivity contribution in [3.63, 3.8) is 0 Å². The van der Waals surface area contributed by atoms with E-state index in [4.69, 9.17) is 4.74 Å². The molecule has 2 aromatic carbocycles. The van der Waals surface area contributed by atoms with Crippen LogP contribution in [0.25, 0.3) is 6.08 Å². The van der Waals surface area contributed by atoms with Gasteiger partial charge in [-0.15, -0.1) is 0 Å². The summed E-state index contributed by atoms with van der Waals surface area (Å²) in [7, 11) is 0. The molecular weight excluding hydrogens is 554 g/mol. The van der Waals surface area contributed by atoms with E-state index in [9.17, 15) is 10.1 Å². The number of rotatable bonds is 6. The van der Waals surface area contributed by atoms with E-state index in [2.05, 4.69) is 50.5 Å². The maximum atomic E-state index is 12.5. The van der Waals surface area contributed by atoms with Crippen molar-refractivity contribution in [1.29, 1.82) is 5.26 Å². The number of hydrogen-bond donors (Lipinski definition) is 1. The van der Waals surface area contributed by atoms with E-state index in [1.165, 1.54) is 0 Å². The highest BCUT2D eigenvalue weighted by molar-refractivity contribution is 14.1. The van der Waals surface area contributed by atoms with Crippen molar-refractivity contribution in [3.05, 3.63) is 66.3 Å². The zero-order valence-electron chi connectivity index (χ0n) is 14.4. The number of carbonyl (C=O) groups is 1. The molecule has 4 nitrogen and oxygen atoms in total. The zero-order valence-corrected chi connectivity index (χ0v) is 18.7. The Labute approximate surface area is 180 Å². The van der Waals surface area contributed by atoms with Gasteiger partial charge in [0.25, 0.3) is 5.91 Å². The Morgan fingerprint density at radius 2 is 1.88 bits per heavy atom. The van der Waals surface area contributed by atoms with Crippen LogP contribution in [0.3, 0.4) is 0 Å². The van der Waals surface area contributed by atoms with Gasteiger partial charge >= 0.3 is 0 Å². The van der Waals surface area contributed by atoms with Crippen LogP contribution >= 0.6 is 45.2 Å². The van der Waals surface area contributed by atoms with Crippen molar-refractivity contribution in [2.75, 3.05) is 6.61 Å². The Balaban J connectivity index is 2.22. The summed E-state index contributed by atoms with van der Waals surface area (Å²) in [6.07, 6.45) is 1.60. The molecule has 0 aliphatic rings. The van der Waals surface area contributed by atoms with Crippen LogP contribution in [0.5, 0.6) is 5.75 Å². The zero-order chi connectivity index (χ0) is 19.1. The molecule has 6 heteroatoms. The monoisotopic (exact) mass is 572 g/mol. The van der Waals surface area contributed by atoms with E-state index < -0.39 is 0 Å². The number of benzene rings is 2. The minimum atomic E-state index is -0.386. The van der Waals surface area contributed by atoms with Gasteiger partial charge < -0.3 is 10.1 Å². The second-order valence-corrected chi connectivity index (χ2v) is 7.85. The summed E-state index contributed by atoms with van der Waals surface area (Å²) in [5, 5.41) is 12.3. The van der Waals surface area contributed by atoms with Crippen LogP contribution in [0.2, 0.25) is 0 Å². The lowest BCUT2D eigenvalue weighted by Gasteiger charge is -2.14. The largest absolute Gasteiger partial charge is 0.492 e. The molecule has 0 aromatic heterocycles. The molecule has 1 atom stereocenters. The minimum Gasteiger partial charge on any atom is -0.492 e. The van der Waals surface area contributed by atoms with E-state index in [0.717, 1.165) is 24.0 Å². The minimum absolute atomic E-state index is 0.0727. The van der Waals surface area contributed by atoms with Crippen LogP contribution in [0, 0.1) is 18.5 Å². The molecule has 0 aliphatic carbocycles. The van der Waals surface area contributed by atoms with Crippen LogP contribution in [-0.2, 0) is 4.79 Å². The summed E-state index contributed by atoms with van der Waals surface area (Å²) in [5.41, 5.74) is 1.85. The first-order valence-corrected chi connectivity index (χ1v) is 10.2. The van der Waals surface area contributed by atoms with Gasteiger partial charge in [0.15, 0.2) is 0 Å². The fourth-order valence-corrected chi connectivity index (χ4v) is 4.49. The van der Waals surface area contributed by atoms with Crippen LogP contribution < -0.4 is 10.1 Å². The van der Waals surface area contributed by atoms with Crippen molar-refractivity contribution in [3.8, 4) is 11.8 Å². The van der Waals surface area contributed by atoms with Gasteiger partial charge in [-0.25, -0.2) is 0 Å². The SMILES string of the molecule is CCOc1c(I)cc(/C=C(/C#N)C(=O)N[C@@H](C)c2ccccc2)cc1I. The molecule has 26 heavy (non-hydrogen) atoms. The molecule has 0 bridgehead atoms. The topological polar surface area (TPSA) is 62.1 Å². The summed E-state index contributed by atoms with van der Waals surface area (Å²) in [5.74, 6) is 0.439. The Morgan fingerprint density at radius 1 is 1.27 bits per heavy atom. The third kappa shape index (κ3) is 5.45. The van der Waals surface area contributed by atoms with Crippen molar-refractivity contribution in [1.82, 2.24) is 5.32 Å². The maximum absolute atomic E-state index is 12.5.